The van der Waals surface area contributed by atoms with Crippen molar-refractivity contribution in [2.75, 3.05) is 33.0 Å². The zero-order chi connectivity index (χ0) is 36.1. The molecule has 4 N–H and O–H groups in total. The maximum Gasteiger partial charge on any atom is 0.472 e. The highest BCUT2D eigenvalue weighted by atomic mass is 31.2. The highest BCUT2D eigenvalue weighted by molar-refractivity contribution is 7.47. The second-order valence-corrected chi connectivity index (χ2v) is 14.8. The van der Waals surface area contributed by atoms with E-state index in [1.54, 1.807) is 0 Å². The van der Waals surface area contributed by atoms with Gasteiger partial charge >= 0.3 is 13.8 Å². The molecular formula is C39H76NO8P. The monoisotopic (exact) mass is 718 g/mol. The van der Waals surface area contributed by atoms with E-state index in [0.29, 0.717) is 6.61 Å². The highest BCUT2D eigenvalue weighted by Crippen LogP contribution is 2.43. The summed E-state index contributed by atoms with van der Waals surface area (Å²) in [6, 6.07) is 0. The molecule has 49 heavy (non-hydrogen) atoms. The molecule has 3 atom stereocenters. The predicted octanol–water partition coefficient (Wildman–Crippen LogP) is 10.3. The number of phosphoric ester groups is 1. The molecule has 3 unspecified atom stereocenters. The van der Waals surface area contributed by atoms with E-state index in [-0.39, 0.29) is 44.9 Å². The summed E-state index contributed by atoms with van der Waals surface area (Å²) in [5.41, 5.74) is 5.35. The van der Waals surface area contributed by atoms with Crippen LogP contribution < -0.4 is 5.73 Å². The molecule has 0 spiro atoms. The first-order chi connectivity index (χ1) is 23.8. The Labute approximate surface area is 300 Å². The first-order valence-corrected chi connectivity index (χ1v) is 21.4. The normalized spacial score (nSPS) is 14.5. The number of rotatable bonds is 38. The van der Waals surface area contributed by atoms with Crippen molar-refractivity contribution in [2.45, 2.75) is 187 Å². The Morgan fingerprint density at radius 2 is 1.24 bits per heavy atom. The number of unbranched alkanes of at least 4 members (excludes halogenated alkanes) is 20. The lowest BCUT2D eigenvalue weighted by Gasteiger charge is -2.20. The maximum atomic E-state index is 12.5. The van der Waals surface area contributed by atoms with E-state index in [2.05, 4.69) is 19.9 Å². The summed E-state index contributed by atoms with van der Waals surface area (Å²) in [6.07, 6.45) is 35.1. The fraction of sp³-hybridized carbons (Fsp3) is 0.872. The summed E-state index contributed by atoms with van der Waals surface area (Å²) < 4.78 is 33.3. The minimum Gasteiger partial charge on any atom is -0.457 e. The van der Waals surface area contributed by atoms with Crippen LogP contribution in [0.4, 0.5) is 0 Å². The van der Waals surface area contributed by atoms with Gasteiger partial charge < -0.3 is 25.2 Å². The van der Waals surface area contributed by atoms with Crippen LogP contribution in [-0.2, 0) is 27.9 Å². The van der Waals surface area contributed by atoms with Crippen LogP contribution in [0.1, 0.15) is 174 Å². The number of hydrogen-bond donors (Lipinski definition) is 3. The molecule has 0 saturated heterocycles. The van der Waals surface area contributed by atoms with Crippen molar-refractivity contribution in [2.24, 2.45) is 5.73 Å². The molecule has 0 aromatic carbocycles. The molecule has 0 bridgehead atoms. The van der Waals surface area contributed by atoms with E-state index in [0.717, 1.165) is 77.0 Å². The highest BCUT2D eigenvalue weighted by Gasteiger charge is 2.25. The molecule has 0 heterocycles. The van der Waals surface area contributed by atoms with Crippen LogP contribution in [-0.4, -0.2) is 61.1 Å². The molecule has 10 heteroatoms. The minimum absolute atomic E-state index is 0.0902. The number of hydrogen-bond acceptors (Lipinski definition) is 8. The van der Waals surface area contributed by atoms with Gasteiger partial charge in [0, 0.05) is 19.6 Å². The Kier molecular flexibility index (Phi) is 35.9. The number of aliphatic hydroxyl groups excluding tert-OH is 1. The van der Waals surface area contributed by atoms with Gasteiger partial charge in [0.2, 0.25) is 0 Å². The molecular weight excluding hydrogens is 641 g/mol. The summed E-state index contributed by atoms with van der Waals surface area (Å²) in [4.78, 5) is 22.4. The summed E-state index contributed by atoms with van der Waals surface area (Å²) >= 11 is 0. The predicted molar refractivity (Wildman–Crippen MR) is 203 cm³/mol. The Morgan fingerprint density at radius 1 is 0.694 bits per heavy atom. The Hall–Kier alpha value is -1.06. The number of allylic oxidation sites excluding steroid dienone is 3. The molecule has 0 rings (SSSR count). The topological polar surface area (TPSA) is 138 Å². The molecule has 0 saturated carbocycles. The molecule has 9 nitrogen and oxygen atoms in total. The summed E-state index contributed by atoms with van der Waals surface area (Å²) in [5.74, 6) is -0.365. The van der Waals surface area contributed by atoms with E-state index in [9.17, 15) is 19.4 Å². The van der Waals surface area contributed by atoms with Crippen LogP contribution in [0.25, 0.3) is 0 Å². The molecule has 0 aliphatic carbocycles. The standard InChI is InChI=1S/C39H76NO8P/c1-3-5-7-8-9-10-11-12-13-14-18-21-24-28-33-45-35-38(36-47-49(43,44)46-34-32-40)48-39(42)31-27-23-20-17-15-16-19-22-26-30-37(41)29-25-6-4-2/h19,22,26,30,37-38,41H,3-18,20-21,23-25,27-29,31-36,40H2,1-2H3,(H,43,44)/b22-19-,30-26+. The number of carbonyl (C=O) groups excluding carboxylic acids is 1. The quantitative estimate of drug-likeness (QED) is 0.0246. The zero-order valence-electron chi connectivity index (χ0n) is 31.5. The van der Waals surface area contributed by atoms with Crippen molar-refractivity contribution in [3.8, 4) is 0 Å². The Balaban J connectivity index is 4.13. The van der Waals surface area contributed by atoms with Gasteiger partial charge in [0.1, 0.15) is 6.10 Å². The molecule has 0 aromatic rings. The first kappa shape index (κ1) is 47.9. The van der Waals surface area contributed by atoms with Crippen molar-refractivity contribution < 1.29 is 37.9 Å². The van der Waals surface area contributed by atoms with Gasteiger partial charge in [0.05, 0.1) is 25.9 Å². The van der Waals surface area contributed by atoms with E-state index in [1.165, 1.54) is 77.0 Å². The van der Waals surface area contributed by atoms with Gasteiger partial charge in [0.25, 0.3) is 0 Å². The summed E-state index contributed by atoms with van der Waals surface area (Å²) in [5, 5.41) is 9.91. The second kappa shape index (κ2) is 36.7. The van der Waals surface area contributed by atoms with Crippen LogP contribution in [0, 0.1) is 0 Å². The van der Waals surface area contributed by atoms with E-state index in [4.69, 9.17) is 24.3 Å². The number of phosphoric acid groups is 1. The average Bonchev–Trinajstić information content (AvgIpc) is 3.08. The van der Waals surface area contributed by atoms with Gasteiger partial charge in [-0.15, -0.1) is 0 Å². The third-order valence-corrected chi connectivity index (χ3v) is 9.46. The van der Waals surface area contributed by atoms with Crippen molar-refractivity contribution in [3.05, 3.63) is 24.3 Å². The van der Waals surface area contributed by atoms with Crippen molar-refractivity contribution in [1.29, 1.82) is 0 Å². The largest absolute Gasteiger partial charge is 0.472 e. The molecule has 0 aliphatic rings. The molecule has 0 aromatic heterocycles. The summed E-state index contributed by atoms with van der Waals surface area (Å²) in [7, 11) is -4.29. The third kappa shape index (κ3) is 36.5. The average molecular weight is 718 g/mol. The van der Waals surface area contributed by atoms with Crippen LogP contribution >= 0.6 is 7.82 Å². The van der Waals surface area contributed by atoms with Crippen LogP contribution in [0.3, 0.4) is 0 Å². The van der Waals surface area contributed by atoms with Gasteiger partial charge in [-0.1, -0.05) is 160 Å². The van der Waals surface area contributed by atoms with E-state index in [1.807, 2.05) is 18.2 Å². The lowest BCUT2D eigenvalue weighted by molar-refractivity contribution is -0.154. The lowest BCUT2D eigenvalue weighted by atomic mass is 10.0. The number of ether oxygens (including phenoxy) is 2. The van der Waals surface area contributed by atoms with Gasteiger partial charge in [0.15, 0.2) is 0 Å². The fourth-order valence-electron chi connectivity index (χ4n) is 5.49. The third-order valence-electron chi connectivity index (χ3n) is 8.48. The molecule has 290 valence electrons. The van der Waals surface area contributed by atoms with E-state index < -0.39 is 13.9 Å². The fourth-order valence-corrected chi connectivity index (χ4v) is 6.25. The zero-order valence-corrected chi connectivity index (χ0v) is 32.4. The Morgan fingerprint density at radius 3 is 1.86 bits per heavy atom. The molecule has 0 amide bonds. The number of nitrogens with two attached hydrogens (primary N) is 1. The maximum absolute atomic E-state index is 12.5. The van der Waals surface area contributed by atoms with Crippen LogP contribution in [0.5, 0.6) is 0 Å². The lowest BCUT2D eigenvalue weighted by Crippen LogP contribution is -2.28. The second-order valence-electron chi connectivity index (χ2n) is 13.4. The summed E-state index contributed by atoms with van der Waals surface area (Å²) in [6.45, 7) is 4.76. The first-order valence-electron chi connectivity index (χ1n) is 19.9. The SMILES string of the molecule is CCCCCCCCCCCCCCCCOCC(COP(=O)(O)OCCN)OC(=O)CCCCCCC/C=C\C=C\C(O)CCCCC. The van der Waals surface area contributed by atoms with E-state index >= 15 is 0 Å². The number of esters is 1. The molecule has 0 fully saturated rings. The van der Waals surface area contributed by atoms with Crippen LogP contribution in [0.15, 0.2) is 24.3 Å². The van der Waals surface area contributed by atoms with Crippen molar-refractivity contribution in [3.63, 3.8) is 0 Å². The van der Waals surface area contributed by atoms with Gasteiger partial charge in [-0.3, -0.25) is 13.8 Å². The number of aliphatic hydroxyl groups is 1. The van der Waals surface area contributed by atoms with Gasteiger partial charge in [-0.05, 0) is 32.1 Å². The van der Waals surface area contributed by atoms with Crippen molar-refractivity contribution in [1.82, 2.24) is 0 Å². The van der Waals surface area contributed by atoms with Crippen LogP contribution in [0.2, 0.25) is 0 Å². The number of carbonyl (C=O) groups is 1. The van der Waals surface area contributed by atoms with Crippen molar-refractivity contribution >= 4 is 13.8 Å². The minimum atomic E-state index is -4.29. The molecule has 0 aliphatic heterocycles. The van der Waals surface area contributed by atoms with Gasteiger partial charge in [-0.25, -0.2) is 4.57 Å². The smallest absolute Gasteiger partial charge is 0.457 e. The Bertz CT molecular complexity index is 825. The van der Waals surface area contributed by atoms with Gasteiger partial charge in [-0.2, -0.15) is 0 Å². The molecule has 0 radical (unpaired) electrons.